The van der Waals surface area contributed by atoms with E-state index in [0.29, 0.717) is 0 Å². The molecule has 0 aliphatic carbocycles. The smallest absolute Gasteiger partial charge is 0.227 e. The van der Waals surface area contributed by atoms with Crippen LogP contribution in [0.15, 0.2) is 30.3 Å². The van der Waals surface area contributed by atoms with Gasteiger partial charge in [-0.15, -0.1) is 0 Å². The summed E-state index contributed by atoms with van der Waals surface area (Å²) < 4.78 is 0. The Hall–Kier alpha value is -1.90. The van der Waals surface area contributed by atoms with Gasteiger partial charge in [0.25, 0.3) is 0 Å². The van der Waals surface area contributed by atoms with Crippen molar-refractivity contribution in [2.24, 2.45) is 5.92 Å². The lowest BCUT2D eigenvalue weighted by molar-refractivity contribution is -0.120. The minimum atomic E-state index is 0.105. The summed E-state index contributed by atoms with van der Waals surface area (Å²) in [5.41, 5.74) is 2.78. The van der Waals surface area contributed by atoms with Crippen LogP contribution >= 0.6 is 0 Å². The number of carbonyl (C=O) groups excluding carboxylic acids is 1. The van der Waals surface area contributed by atoms with Gasteiger partial charge in [-0.2, -0.15) is 0 Å². The average Bonchev–Trinajstić information content (AvgIpc) is 2.47. The maximum atomic E-state index is 12.5. The molecule has 0 aliphatic heterocycles. The van der Waals surface area contributed by atoms with Crippen LogP contribution in [0.3, 0.4) is 0 Å². The van der Waals surface area contributed by atoms with Crippen LogP contribution in [0.25, 0.3) is 10.9 Å². The summed E-state index contributed by atoms with van der Waals surface area (Å²) in [4.78, 5) is 17.0. The molecular formula is C18H24N2O. The number of aromatic nitrogens is 1. The van der Waals surface area contributed by atoms with Gasteiger partial charge in [-0.3, -0.25) is 9.78 Å². The first-order valence-corrected chi connectivity index (χ1v) is 7.83. The molecule has 3 heteroatoms. The van der Waals surface area contributed by atoms with Gasteiger partial charge in [0.15, 0.2) is 0 Å². The molecule has 0 bridgehead atoms. The standard InChI is InChI=1S/C18H24N2O/c1-4-7-14(8-5-2)18(21)20-17-10-6-9-16-15(17)12-11-13(3)19-16/h6,9-12,14H,4-5,7-8H2,1-3H3,(H,20,21). The summed E-state index contributed by atoms with van der Waals surface area (Å²) in [5, 5.41) is 4.10. The third kappa shape index (κ3) is 3.81. The molecule has 2 aromatic rings. The molecule has 1 heterocycles. The van der Waals surface area contributed by atoms with Gasteiger partial charge < -0.3 is 5.32 Å². The third-order valence-electron chi connectivity index (χ3n) is 3.77. The van der Waals surface area contributed by atoms with Crippen molar-refractivity contribution in [2.75, 3.05) is 5.32 Å². The van der Waals surface area contributed by atoms with Crippen molar-refractivity contribution in [1.82, 2.24) is 4.98 Å². The van der Waals surface area contributed by atoms with E-state index in [1.54, 1.807) is 0 Å². The fraction of sp³-hybridized carbons (Fsp3) is 0.444. The zero-order valence-corrected chi connectivity index (χ0v) is 13.1. The second kappa shape index (κ2) is 7.21. The van der Waals surface area contributed by atoms with E-state index in [4.69, 9.17) is 0 Å². The number of nitrogens with zero attached hydrogens (tertiary/aromatic N) is 1. The Balaban J connectivity index is 2.24. The van der Waals surface area contributed by atoms with Crippen LogP contribution in [0.1, 0.15) is 45.2 Å². The van der Waals surface area contributed by atoms with Gasteiger partial charge in [0.1, 0.15) is 0 Å². The number of amides is 1. The number of hydrogen-bond donors (Lipinski definition) is 1. The molecule has 1 aromatic carbocycles. The summed E-state index contributed by atoms with van der Waals surface area (Å²) in [6.45, 7) is 6.23. The first kappa shape index (κ1) is 15.5. The van der Waals surface area contributed by atoms with Gasteiger partial charge in [0, 0.05) is 17.0 Å². The number of aryl methyl sites for hydroxylation is 1. The van der Waals surface area contributed by atoms with Gasteiger partial charge >= 0.3 is 0 Å². The summed E-state index contributed by atoms with van der Waals surface area (Å²) in [6, 6.07) is 9.88. The molecule has 0 saturated heterocycles. The van der Waals surface area contributed by atoms with Crippen LogP contribution in [-0.4, -0.2) is 10.9 Å². The number of carbonyl (C=O) groups is 1. The van der Waals surface area contributed by atoms with E-state index in [2.05, 4.69) is 24.1 Å². The number of fused-ring (bicyclic) bond motifs is 1. The van der Waals surface area contributed by atoms with Crippen molar-refractivity contribution >= 4 is 22.5 Å². The molecule has 0 radical (unpaired) electrons. The lowest BCUT2D eigenvalue weighted by Crippen LogP contribution is -2.22. The normalized spacial score (nSPS) is 11.0. The Bertz CT molecular complexity index is 616. The SMILES string of the molecule is CCCC(CCC)C(=O)Nc1cccc2nc(C)ccc12. The van der Waals surface area contributed by atoms with Gasteiger partial charge in [-0.25, -0.2) is 0 Å². The quantitative estimate of drug-likeness (QED) is 0.835. The highest BCUT2D eigenvalue weighted by atomic mass is 16.1. The van der Waals surface area contributed by atoms with E-state index in [9.17, 15) is 4.79 Å². The third-order valence-corrected chi connectivity index (χ3v) is 3.77. The summed E-state index contributed by atoms with van der Waals surface area (Å²) >= 11 is 0. The monoisotopic (exact) mass is 284 g/mol. The number of pyridine rings is 1. The summed E-state index contributed by atoms with van der Waals surface area (Å²) in [5.74, 6) is 0.237. The maximum absolute atomic E-state index is 12.5. The van der Waals surface area contributed by atoms with Gasteiger partial charge in [-0.1, -0.05) is 32.8 Å². The van der Waals surface area contributed by atoms with E-state index in [0.717, 1.165) is 48.0 Å². The van der Waals surface area contributed by atoms with E-state index in [1.807, 2.05) is 37.3 Å². The molecule has 0 saturated carbocycles. The zero-order valence-electron chi connectivity index (χ0n) is 13.1. The van der Waals surface area contributed by atoms with Gasteiger partial charge in [-0.05, 0) is 44.0 Å². The Kier molecular flexibility index (Phi) is 5.32. The zero-order chi connectivity index (χ0) is 15.2. The molecule has 21 heavy (non-hydrogen) atoms. The lowest BCUT2D eigenvalue weighted by atomic mass is 9.97. The van der Waals surface area contributed by atoms with Crippen LogP contribution in [0, 0.1) is 12.8 Å². The van der Waals surface area contributed by atoms with E-state index < -0.39 is 0 Å². The minimum Gasteiger partial charge on any atom is -0.325 e. The van der Waals surface area contributed by atoms with Crippen molar-refractivity contribution in [1.29, 1.82) is 0 Å². The fourth-order valence-corrected chi connectivity index (χ4v) is 2.70. The van der Waals surface area contributed by atoms with E-state index in [1.165, 1.54) is 0 Å². The Morgan fingerprint density at radius 1 is 1.14 bits per heavy atom. The molecule has 1 amide bonds. The lowest BCUT2D eigenvalue weighted by Gasteiger charge is -2.16. The summed E-state index contributed by atoms with van der Waals surface area (Å²) in [6.07, 6.45) is 3.96. The molecular weight excluding hydrogens is 260 g/mol. The Morgan fingerprint density at radius 2 is 1.86 bits per heavy atom. The minimum absolute atomic E-state index is 0.105. The highest BCUT2D eigenvalue weighted by Crippen LogP contribution is 2.24. The Labute approximate surface area is 126 Å². The van der Waals surface area contributed by atoms with Gasteiger partial charge in [0.05, 0.1) is 11.2 Å². The van der Waals surface area contributed by atoms with E-state index in [-0.39, 0.29) is 11.8 Å². The van der Waals surface area contributed by atoms with Crippen LogP contribution in [0.4, 0.5) is 5.69 Å². The fourth-order valence-electron chi connectivity index (χ4n) is 2.70. The molecule has 0 aliphatic rings. The van der Waals surface area contributed by atoms with Crippen LogP contribution in [0.5, 0.6) is 0 Å². The maximum Gasteiger partial charge on any atom is 0.227 e. The predicted molar refractivity (Wildman–Crippen MR) is 88.4 cm³/mol. The number of rotatable bonds is 6. The van der Waals surface area contributed by atoms with Crippen LogP contribution in [0.2, 0.25) is 0 Å². The molecule has 112 valence electrons. The first-order chi connectivity index (χ1) is 10.2. The van der Waals surface area contributed by atoms with Crippen molar-refractivity contribution in [2.45, 2.75) is 46.5 Å². The number of anilines is 1. The largest absolute Gasteiger partial charge is 0.325 e. The highest BCUT2D eigenvalue weighted by molar-refractivity contribution is 6.01. The second-order valence-electron chi connectivity index (χ2n) is 5.59. The summed E-state index contributed by atoms with van der Waals surface area (Å²) in [7, 11) is 0. The highest BCUT2D eigenvalue weighted by Gasteiger charge is 2.17. The van der Waals surface area contributed by atoms with Crippen molar-refractivity contribution in [3.8, 4) is 0 Å². The number of hydrogen-bond acceptors (Lipinski definition) is 2. The molecule has 0 atom stereocenters. The van der Waals surface area contributed by atoms with Gasteiger partial charge in [0.2, 0.25) is 5.91 Å². The molecule has 1 N–H and O–H groups in total. The molecule has 2 rings (SSSR count). The molecule has 1 aromatic heterocycles. The van der Waals surface area contributed by atoms with Crippen molar-refractivity contribution < 1.29 is 4.79 Å². The molecule has 3 nitrogen and oxygen atoms in total. The van der Waals surface area contributed by atoms with E-state index >= 15 is 0 Å². The predicted octanol–water partition coefficient (Wildman–Crippen LogP) is 4.70. The van der Waals surface area contributed by atoms with Crippen molar-refractivity contribution in [3.63, 3.8) is 0 Å². The average molecular weight is 284 g/mol. The Morgan fingerprint density at radius 3 is 2.52 bits per heavy atom. The first-order valence-electron chi connectivity index (χ1n) is 7.83. The second-order valence-corrected chi connectivity index (χ2v) is 5.59. The number of nitrogens with one attached hydrogen (secondary N) is 1. The number of benzene rings is 1. The molecule has 0 spiro atoms. The molecule has 0 fully saturated rings. The van der Waals surface area contributed by atoms with Crippen LogP contribution in [-0.2, 0) is 4.79 Å². The van der Waals surface area contributed by atoms with Crippen LogP contribution < -0.4 is 5.32 Å². The molecule has 0 unspecified atom stereocenters. The topological polar surface area (TPSA) is 42.0 Å². The van der Waals surface area contributed by atoms with Crippen molar-refractivity contribution in [3.05, 3.63) is 36.0 Å².